The van der Waals surface area contributed by atoms with Crippen molar-refractivity contribution >= 4 is 27.5 Å². The number of aromatic nitrogens is 3. The standard InChI is InChI=1S/C25H23N5/c1-17-6-3-8-19-9-4-10-20(24(17)19)22-12-23-21(14-27-22)25(29-16-28-23)30-11-5-7-18(15-30)13-26-2/h3-4,6,8-10,12,14,16,18H,5,7,11,13,15H2,1H3/t18-/m0/s1. The van der Waals surface area contributed by atoms with Crippen molar-refractivity contribution in [3.8, 4) is 11.3 Å². The summed E-state index contributed by atoms with van der Waals surface area (Å²) in [5.41, 5.74) is 4.20. The number of hydrogen-bond acceptors (Lipinski definition) is 4. The number of pyridine rings is 1. The summed E-state index contributed by atoms with van der Waals surface area (Å²) in [6.45, 7) is 11.8. The lowest BCUT2D eigenvalue weighted by molar-refractivity contribution is 0.437. The number of anilines is 1. The van der Waals surface area contributed by atoms with E-state index in [-0.39, 0.29) is 0 Å². The molecule has 0 amide bonds. The van der Waals surface area contributed by atoms with Gasteiger partial charge in [-0.15, -0.1) is 0 Å². The van der Waals surface area contributed by atoms with Crippen molar-refractivity contribution in [3.63, 3.8) is 0 Å². The van der Waals surface area contributed by atoms with Gasteiger partial charge in [-0.1, -0.05) is 36.4 Å². The van der Waals surface area contributed by atoms with Crippen LogP contribution in [0.5, 0.6) is 0 Å². The van der Waals surface area contributed by atoms with E-state index >= 15 is 0 Å². The molecule has 148 valence electrons. The third kappa shape index (κ3) is 3.25. The summed E-state index contributed by atoms with van der Waals surface area (Å²) in [4.78, 5) is 19.9. The molecular formula is C25H23N5. The number of hydrogen-bond donors (Lipinski definition) is 0. The smallest absolute Gasteiger partial charge is 0.219 e. The van der Waals surface area contributed by atoms with E-state index in [4.69, 9.17) is 11.6 Å². The van der Waals surface area contributed by atoms with Gasteiger partial charge in [0.25, 0.3) is 0 Å². The number of rotatable bonds is 3. The van der Waals surface area contributed by atoms with Crippen molar-refractivity contribution in [3.05, 3.63) is 72.0 Å². The van der Waals surface area contributed by atoms with E-state index in [0.717, 1.165) is 53.9 Å². The average molecular weight is 393 g/mol. The Morgan fingerprint density at radius 3 is 2.87 bits per heavy atom. The molecule has 0 saturated carbocycles. The molecule has 30 heavy (non-hydrogen) atoms. The maximum Gasteiger partial charge on any atom is 0.219 e. The van der Waals surface area contributed by atoms with Gasteiger partial charge in [0.2, 0.25) is 6.54 Å². The summed E-state index contributed by atoms with van der Waals surface area (Å²) in [6.07, 6.45) is 5.76. The van der Waals surface area contributed by atoms with Crippen molar-refractivity contribution in [2.45, 2.75) is 19.8 Å². The monoisotopic (exact) mass is 393 g/mol. The summed E-state index contributed by atoms with van der Waals surface area (Å²) >= 11 is 0. The fourth-order valence-electron chi connectivity index (χ4n) is 4.62. The van der Waals surface area contributed by atoms with Crippen LogP contribution in [0.1, 0.15) is 18.4 Å². The summed E-state index contributed by atoms with van der Waals surface area (Å²) in [5, 5.41) is 3.43. The molecule has 2 aromatic heterocycles. The first kappa shape index (κ1) is 18.5. The van der Waals surface area contributed by atoms with E-state index in [1.165, 1.54) is 16.3 Å². The van der Waals surface area contributed by atoms with Crippen LogP contribution in [0.4, 0.5) is 5.82 Å². The fourth-order valence-corrected chi connectivity index (χ4v) is 4.62. The molecule has 5 heteroatoms. The van der Waals surface area contributed by atoms with E-state index in [2.05, 4.69) is 69.1 Å². The van der Waals surface area contributed by atoms with Crippen molar-refractivity contribution in [1.29, 1.82) is 0 Å². The Morgan fingerprint density at radius 2 is 2.00 bits per heavy atom. The minimum Gasteiger partial charge on any atom is -0.355 e. The van der Waals surface area contributed by atoms with E-state index in [1.807, 2.05) is 6.20 Å². The molecule has 0 bridgehead atoms. The first-order chi connectivity index (χ1) is 14.7. The molecule has 0 radical (unpaired) electrons. The topological polar surface area (TPSA) is 46.3 Å². The van der Waals surface area contributed by atoms with Crippen LogP contribution in [0.25, 0.3) is 37.8 Å². The molecule has 0 aliphatic carbocycles. The average Bonchev–Trinajstić information content (AvgIpc) is 2.78. The second-order valence-corrected chi connectivity index (χ2v) is 8.06. The van der Waals surface area contributed by atoms with E-state index in [1.54, 1.807) is 6.33 Å². The highest BCUT2D eigenvalue weighted by molar-refractivity contribution is 6.00. The zero-order chi connectivity index (χ0) is 20.5. The van der Waals surface area contributed by atoms with E-state index < -0.39 is 0 Å². The molecule has 2 aromatic carbocycles. The number of aryl methyl sites for hydroxylation is 1. The molecule has 5 nitrogen and oxygen atoms in total. The van der Waals surface area contributed by atoms with E-state index in [9.17, 15) is 0 Å². The van der Waals surface area contributed by atoms with Gasteiger partial charge in [0.1, 0.15) is 12.1 Å². The fraction of sp³-hybridized carbons (Fsp3) is 0.280. The lowest BCUT2D eigenvalue weighted by Gasteiger charge is -2.31. The van der Waals surface area contributed by atoms with Gasteiger partial charge < -0.3 is 9.74 Å². The maximum absolute atomic E-state index is 7.19. The largest absolute Gasteiger partial charge is 0.355 e. The number of piperidine rings is 1. The second-order valence-electron chi connectivity index (χ2n) is 8.06. The molecule has 1 fully saturated rings. The third-order valence-corrected chi connectivity index (χ3v) is 6.06. The van der Waals surface area contributed by atoms with Crippen LogP contribution in [0, 0.1) is 19.4 Å². The SMILES string of the molecule is [C-]#[N+]C[C@@H]1CCCN(c2ncnc3cc(-c4cccc5cccc(C)c45)ncc23)C1. The van der Waals surface area contributed by atoms with Gasteiger partial charge in [0.15, 0.2) is 0 Å². The van der Waals surface area contributed by atoms with Gasteiger partial charge in [0.05, 0.1) is 16.6 Å². The molecule has 1 aliphatic heterocycles. The summed E-state index contributed by atoms with van der Waals surface area (Å²) < 4.78 is 0. The van der Waals surface area contributed by atoms with Gasteiger partial charge in [-0.25, -0.2) is 16.5 Å². The van der Waals surface area contributed by atoms with Gasteiger partial charge >= 0.3 is 0 Å². The first-order valence-corrected chi connectivity index (χ1v) is 10.4. The molecule has 1 atom stereocenters. The summed E-state index contributed by atoms with van der Waals surface area (Å²) in [5.74, 6) is 1.34. The van der Waals surface area contributed by atoms with Crippen LogP contribution in [0.3, 0.4) is 0 Å². The minimum atomic E-state index is 0.409. The predicted octanol–water partition coefficient (Wildman–Crippen LogP) is 5.29. The Labute approximate surface area is 176 Å². The van der Waals surface area contributed by atoms with Gasteiger partial charge in [-0.3, -0.25) is 4.98 Å². The van der Waals surface area contributed by atoms with Crippen LogP contribution in [-0.2, 0) is 0 Å². The number of nitrogens with zero attached hydrogens (tertiary/aromatic N) is 5. The van der Waals surface area contributed by atoms with E-state index in [0.29, 0.717) is 12.5 Å². The molecule has 1 aliphatic rings. The van der Waals surface area contributed by atoms with Crippen LogP contribution in [-0.4, -0.2) is 34.6 Å². The van der Waals surface area contributed by atoms with Crippen LogP contribution >= 0.6 is 0 Å². The zero-order valence-corrected chi connectivity index (χ0v) is 17.0. The summed E-state index contributed by atoms with van der Waals surface area (Å²) in [7, 11) is 0. The molecule has 3 heterocycles. The van der Waals surface area contributed by atoms with Crippen molar-refractivity contribution in [2.24, 2.45) is 5.92 Å². The van der Waals surface area contributed by atoms with Gasteiger partial charge in [-0.05, 0) is 42.2 Å². The third-order valence-electron chi connectivity index (χ3n) is 6.06. The highest BCUT2D eigenvalue weighted by atomic mass is 15.2. The predicted molar refractivity (Wildman–Crippen MR) is 121 cm³/mol. The molecule has 5 rings (SSSR count). The molecule has 0 unspecified atom stereocenters. The van der Waals surface area contributed by atoms with Gasteiger partial charge in [-0.2, -0.15) is 0 Å². The maximum atomic E-state index is 7.19. The van der Waals surface area contributed by atoms with Gasteiger partial charge in [0, 0.05) is 30.8 Å². The Hall–Kier alpha value is -3.52. The Morgan fingerprint density at radius 1 is 1.13 bits per heavy atom. The molecule has 0 spiro atoms. The molecule has 4 aromatic rings. The first-order valence-electron chi connectivity index (χ1n) is 10.4. The number of fused-ring (bicyclic) bond motifs is 2. The highest BCUT2D eigenvalue weighted by Gasteiger charge is 2.24. The Bertz CT molecular complexity index is 1270. The Balaban J connectivity index is 1.58. The molecule has 1 saturated heterocycles. The summed E-state index contributed by atoms with van der Waals surface area (Å²) in [6, 6.07) is 14.8. The van der Waals surface area contributed by atoms with Crippen LogP contribution in [0.2, 0.25) is 0 Å². The Kier molecular flexibility index (Phi) is 4.76. The molecular weight excluding hydrogens is 370 g/mol. The van der Waals surface area contributed by atoms with Crippen molar-refractivity contribution in [1.82, 2.24) is 15.0 Å². The van der Waals surface area contributed by atoms with Crippen LogP contribution in [0.15, 0.2) is 55.0 Å². The minimum absolute atomic E-state index is 0.409. The normalized spacial score (nSPS) is 16.7. The lowest BCUT2D eigenvalue weighted by atomic mass is 9.97. The van der Waals surface area contributed by atoms with Crippen LogP contribution < -0.4 is 4.90 Å². The molecule has 0 N–H and O–H groups in total. The lowest BCUT2D eigenvalue weighted by Crippen LogP contribution is -2.37. The number of benzene rings is 2. The highest BCUT2D eigenvalue weighted by Crippen LogP contribution is 2.33. The zero-order valence-electron chi connectivity index (χ0n) is 17.0. The second kappa shape index (κ2) is 7.72. The quantitative estimate of drug-likeness (QED) is 0.444. The van der Waals surface area contributed by atoms with Crippen molar-refractivity contribution < 1.29 is 0 Å². The van der Waals surface area contributed by atoms with Crippen molar-refractivity contribution in [2.75, 3.05) is 24.5 Å².